The molecule has 27 heavy (non-hydrogen) atoms. The zero-order chi connectivity index (χ0) is 19.0. The van der Waals surface area contributed by atoms with E-state index in [0.29, 0.717) is 29.6 Å². The van der Waals surface area contributed by atoms with Gasteiger partial charge in [0.25, 0.3) is 0 Å². The lowest BCUT2D eigenvalue weighted by Crippen LogP contribution is -2.10. The van der Waals surface area contributed by atoms with Gasteiger partial charge in [-0.1, -0.05) is 15.7 Å². The van der Waals surface area contributed by atoms with E-state index in [9.17, 15) is 14.5 Å². The van der Waals surface area contributed by atoms with Gasteiger partial charge in [0.15, 0.2) is 17.4 Å². The summed E-state index contributed by atoms with van der Waals surface area (Å²) in [5.41, 5.74) is 1.09. The van der Waals surface area contributed by atoms with Gasteiger partial charge in [-0.15, -0.1) is 0 Å². The zero-order valence-corrected chi connectivity index (χ0v) is 14.6. The molecule has 0 radical (unpaired) electrons. The molecule has 2 aromatic heterocycles. The number of benzene rings is 1. The summed E-state index contributed by atoms with van der Waals surface area (Å²) >= 11 is 0. The van der Waals surface area contributed by atoms with E-state index < -0.39 is 10.7 Å². The lowest BCUT2D eigenvalue weighted by Gasteiger charge is -2.15. The molecule has 1 saturated carbocycles. The summed E-state index contributed by atoms with van der Waals surface area (Å²) in [6.07, 6.45) is 3.45. The number of hydrogen-bond donors (Lipinski definition) is 1. The summed E-state index contributed by atoms with van der Waals surface area (Å²) in [7, 11) is 0. The number of nitrogens with zero attached hydrogens (tertiary/aromatic N) is 4. The topological polar surface area (TPSA) is 94.6 Å². The fourth-order valence-corrected chi connectivity index (χ4v) is 2.76. The van der Waals surface area contributed by atoms with E-state index in [1.807, 2.05) is 6.92 Å². The highest BCUT2D eigenvalue weighted by molar-refractivity contribution is 5.49. The fourth-order valence-electron chi connectivity index (χ4n) is 2.76. The van der Waals surface area contributed by atoms with Gasteiger partial charge in [-0.05, 0) is 54.4 Å². The van der Waals surface area contributed by atoms with E-state index in [-0.39, 0.29) is 17.6 Å². The molecule has 1 unspecified atom stereocenters. The molecule has 2 heterocycles. The predicted octanol–water partition coefficient (Wildman–Crippen LogP) is 3.74. The second-order valence-electron chi connectivity index (χ2n) is 6.67. The lowest BCUT2D eigenvalue weighted by molar-refractivity contribution is -0.391. The van der Waals surface area contributed by atoms with Crippen molar-refractivity contribution in [3.63, 3.8) is 0 Å². The van der Waals surface area contributed by atoms with E-state index in [0.717, 1.165) is 23.6 Å². The van der Waals surface area contributed by atoms with Gasteiger partial charge in [-0.2, -0.15) is 0 Å². The van der Waals surface area contributed by atoms with Crippen LogP contribution >= 0.6 is 0 Å². The average Bonchev–Trinajstić information content (AvgIpc) is 3.37. The monoisotopic (exact) mass is 371 g/mol. The molecule has 1 aliphatic rings. The van der Waals surface area contributed by atoms with Crippen LogP contribution in [0.2, 0.25) is 0 Å². The fraction of sp³-hybridized carbons (Fsp3) is 0.333. The first kappa shape index (κ1) is 17.2. The number of ether oxygens (including phenoxy) is 1. The Morgan fingerprint density at radius 3 is 2.93 bits per heavy atom. The second-order valence-corrected chi connectivity index (χ2v) is 6.67. The van der Waals surface area contributed by atoms with Crippen molar-refractivity contribution in [1.29, 1.82) is 0 Å². The SMILES string of the molecule is CC(Nc1ccc2ncc([N+](=O)[O-])n2n1)c1ccc(OCC2CC2)c(F)c1. The number of rotatable bonds is 7. The average molecular weight is 371 g/mol. The number of aromatic nitrogens is 3. The molecule has 1 aliphatic carbocycles. The van der Waals surface area contributed by atoms with Crippen molar-refractivity contribution in [2.75, 3.05) is 11.9 Å². The molecule has 9 heteroatoms. The van der Waals surface area contributed by atoms with Crippen LogP contribution in [0.4, 0.5) is 16.0 Å². The molecule has 0 bridgehead atoms. The molecule has 1 atom stereocenters. The highest BCUT2D eigenvalue weighted by atomic mass is 19.1. The van der Waals surface area contributed by atoms with Crippen LogP contribution in [0.3, 0.4) is 0 Å². The third-order valence-electron chi connectivity index (χ3n) is 4.52. The number of imidazole rings is 1. The van der Waals surface area contributed by atoms with E-state index in [2.05, 4.69) is 15.4 Å². The molecule has 3 aromatic rings. The maximum Gasteiger partial charge on any atom is 0.368 e. The van der Waals surface area contributed by atoms with E-state index >= 15 is 0 Å². The molecule has 4 rings (SSSR count). The minimum absolute atomic E-state index is 0.218. The standard InChI is InChI=1S/C18H18FN5O3/c1-11(13-4-5-15(14(19)8-13)27-10-12-2-3-12)21-16-6-7-17-20-9-18(24(25)26)23(17)22-16/h4-9,11-12H,2-3,10H2,1H3,(H,21,22). The Balaban J connectivity index is 1.50. The van der Waals surface area contributed by atoms with Gasteiger partial charge in [0, 0.05) is 6.07 Å². The van der Waals surface area contributed by atoms with Crippen LogP contribution in [-0.4, -0.2) is 26.1 Å². The molecule has 8 nitrogen and oxygen atoms in total. The van der Waals surface area contributed by atoms with Crippen LogP contribution in [0.5, 0.6) is 5.75 Å². The Morgan fingerprint density at radius 2 is 2.22 bits per heavy atom. The number of nitro groups is 1. The van der Waals surface area contributed by atoms with Crippen LogP contribution in [0.1, 0.15) is 31.4 Å². The Kier molecular flexibility index (Phi) is 4.35. The first-order valence-corrected chi connectivity index (χ1v) is 8.69. The van der Waals surface area contributed by atoms with Crippen LogP contribution < -0.4 is 10.1 Å². The number of anilines is 1. The van der Waals surface area contributed by atoms with Gasteiger partial charge in [-0.3, -0.25) is 0 Å². The number of halogens is 1. The molecule has 140 valence electrons. The van der Waals surface area contributed by atoms with Crippen molar-refractivity contribution >= 4 is 17.3 Å². The maximum absolute atomic E-state index is 14.3. The highest BCUT2D eigenvalue weighted by Gasteiger charge is 2.23. The molecule has 0 spiro atoms. The van der Waals surface area contributed by atoms with Gasteiger partial charge in [0.1, 0.15) is 6.20 Å². The molecule has 1 fully saturated rings. The van der Waals surface area contributed by atoms with Gasteiger partial charge in [0.2, 0.25) is 5.65 Å². The predicted molar refractivity (Wildman–Crippen MR) is 96.3 cm³/mol. The van der Waals surface area contributed by atoms with Gasteiger partial charge in [-0.25, -0.2) is 9.37 Å². The Morgan fingerprint density at radius 1 is 1.41 bits per heavy atom. The minimum Gasteiger partial charge on any atom is -0.490 e. The summed E-state index contributed by atoms with van der Waals surface area (Å²) in [6.45, 7) is 2.41. The van der Waals surface area contributed by atoms with Crippen molar-refractivity contribution in [3.8, 4) is 5.75 Å². The zero-order valence-electron chi connectivity index (χ0n) is 14.6. The van der Waals surface area contributed by atoms with E-state index in [1.165, 1.54) is 6.07 Å². The maximum atomic E-state index is 14.3. The molecule has 1 aromatic carbocycles. The van der Waals surface area contributed by atoms with E-state index in [1.54, 1.807) is 24.3 Å². The molecule has 0 saturated heterocycles. The molecular formula is C18H18FN5O3. The number of fused-ring (bicyclic) bond motifs is 1. The Hall–Kier alpha value is -3.23. The third kappa shape index (κ3) is 3.67. The summed E-state index contributed by atoms with van der Waals surface area (Å²) < 4.78 is 20.9. The normalized spacial score (nSPS) is 14.9. The summed E-state index contributed by atoms with van der Waals surface area (Å²) in [4.78, 5) is 14.4. The van der Waals surface area contributed by atoms with E-state index in [4.69, 9.17) is 4.74 Å². The van der Waals surface area contributed by atoms with Crippen molar-refractivity contribution in [2.24, 2.45) is 5.92 Å². The van der Waals surface area contributed by atoms with Crippen LogP contribution in [0.25, 0.3) is 5.65 Å². The summed E-state index contributed by atoms with van der Waals surface area (Å²) in [5.74, 6) is 0.606. The van der Waals surface area contributed by atoms with Crippen molar-refractivity contribution in [2.45, 2.75) is 25.8 Å². The number of nitrogens with one attached hydrogen (secondary N) is 1. The van der Waals surface area contributed by atoms with Gasteiger partial charge < -0.3 is 20.2 Å². The van der Waals surface area contributed by atoms with Crippen LogP contribution in [0, 0.1) is 21.8 Å². The first-order chi connectivity index (χ1) is 13.0. The van der Waals surface area contributed by atoms with Crippen molar-refractivity contribution in [3.05, 3.63) is 58.0 Å². The van der Waals surface area contributed by atoms with Gasteiger partial charge >= 0.3 is 5.82 Å². The van der Waals surface area contributed by atoms with Crippen LogP contribution in [0.15, 0.2) is 36.5 Å². The smallest absolute Gasteiger partial charge is 0.368 e. The van der Waals surface area contributed by atoms with Crippen molar-refractivity contribution < 1.29 is 14.1 Å². The van der Waals surface area contributed by atoms with Gasteiger partial charge in [0.05, 0.1) is 12.6 Å². The molecular weight excluding hydrogens is 353 g/mol. The summed E-state index contributed by atoms with van der Waals surface area (Å²) in [6, 6.07) is 7.89. The quantitative estimate of drug-likeness (QED) is 0.502. The summed E-state index contributed by atoms with van der Waals surface area (Å²) in [5, 5.41) is 18.4. The third-order valence-corrected chi connectivity index (χ3v) is 4.52. The molecule has 1 N–H and O–H groups in total. The van der Waals surface area contributed by atoms with Crippen molar-refractivity contribution in [1.82, 2.24) is 14.6 Å². The lowest BCUT2D eigenvalue weighted by atomic mass is 10.1. The molecule has 0 aliphatic heterocycles. The Bertz CT molecular complexity index is 1000. The second kappa shape index (κ2) is 6.82. The van der Waals surface area contributed by atoms with Crippen LogP contribution in [-0.2, 0) is 0 Å². The number of hydrogen-bond acceptors (Lipinski definition) is 6. The minimum atomic E-state index is -0.546. The first-order valence-electron chi connectivity index (χ1n) is 8.69. The molecule has 0 amide bonds. The largest absolute Gasteiger partial charge is 0.490 e. The highest BCUT2D eigenvalue weighted by Crippen LogP contribution is 2.31. The Labute approximate surface area is 154 Å².